The molecule has 2 rings (SSSR count). The molecule has 100 valence electrons. The summed E-state index contributed by atoms with van der Waals surface area (Å²) in [6, 6.07) is 10.4. The Labute approximate surface area is 110 Å². The fourth-order valence-corrected chi connectivity index (χ4v) is 2.67. The topological polar surface area (TPSA) is 18.5 Å². The molecule has 1 aliphatic heterocycles. The fourth-order valence-electron chi connectivity index (χ4n) is 2.67. The molecule has 1 fully saturated rings. The van der Waals surface area contributed by atoms with Crippen molar-refractivity contribution in [1.29, 1.82) is 0 Å². The van der Waals surface area contributed by atoms with Gasteiger partial charge in [0.15, 0.2) is 0 Å². The molecule has 2 heteroatoms. The Balaban J connectivity index is 1.98. The highest BCUT2D eigenvalue weighted by molar-refractivity contribution is 5.13. The first kappa shape index (κ1) is 13.6. The average Bonchev–Trinajstić information content (AvgIpc) is 2.38. The maximum Gasteiger partial charge on any atom is 0.0720 e. The van der Waals surface area contributed by atoms with Gasteiger partial charge in [-0.15, -0.1) is 0 Å². The van der Waals surface area contributed by atoms with Gasteiger partial charge in [-0.1, -0.05) is 44.2 Å². The van der Waals surface area contributed by atoms with E-state index in [1.165, 1.54) is 5.56 Å². The average molecular weight is 248 g/mol. The first-order valence-corrected chi connectivity index (χ1v) is 6.90. The van der Waals surface area contributed by atoms with Gasteiger partial charge in [0, 0.05) is 11.8 Å². The first-order valence-electron chi connectivity index (χ1n) is 6.90. The van der Waals surface area contributed by atoms with Gasteiger partial charge in [0.05, 0.1) is 24.9 Å². The van der Waals surface area contributed by atoms with Crippen molar-refractivity contribution >= 4 is 0 Å². The summed E-state index contributed by atoms with van der Waals surface area (Å²) in [6.45, 7) is 9.43. The van der Waals surface area contributed by atoms with Crippen LogP contribution >= 0.6 is 0 Å². The van der Waals surface area contributed by atoms with Crippen LogP contribution in [0.1, 0.15) is 33.3 Å². The highest BCUT2D eigenvalue weighted by Gasteiger charge is 2.38. The minimum absolute atomic E-state index is 0.275. The van der Waals surface area contributed by atoms with E-state index in [0.717, 1.165) is 0 Å². The molecule has 5 atom stereocenters. The predicted octanol–water partition coefficient (Wildman–Crippen LogP) is 3.65. The number of ether oxygens (including phenoxy) is 2. The molecule has 1 aromatic carbocycles. The van der Waals surface area contributed by atoms with E-state index in [1.807, 2.05) is 6.07 Å². The van der Waals surface area contributed by atoms with E-state index in [2.05, 4.69) is 52.0 Å². The van der Waals surface area contributed by atoms with Crippen molar-refractivity contribution in [3.05, 3.63) is 35.9 Å². The van der Waals surface area contributed by atoms with E-state index in [1.54, 1.807) is 0 Å². The minimum atomic E-state index is 0.275. The number of rotatable bonds is 3. The van der Waals surface area contributed by atoms with Crippen LogP contribution in [-0.2, 0) is 16.1 Å². The molecule has 1 aromatic rings. The van der Waals surface area contributed by atoms with Crippen LogP contribution in [0, 0.1) is 11.8 Å². The van der Waals surface area contributed by atoms with E-state index in [0.29, 0.717) is 18.4 Å². The van der Waals surface area contributed by atoms with Crippen LogP contribution in [0.25, 0.3) is 0 Å². The Morgan fingerprint density at radius 3 is 2.06 bits per heavy atom. The van der Waals surface area contributed by atoms with Crippen LogP contribution in [0.3, 0.4) is 0 Å². The van der Waals surface area contributed by atoms with Crippen LogP contribution in [-0.4, -0.2) is 18.3 Å². The van der Waals surface area contributed by atoms with Crippen molar-refractivity contribution in [2.24, 2.45) is 11.8 Å². The summed E-state index contributed by atoms with van der Waals surface area (Å²) < 4.78 is 12.1. The largest absolute Gasteiger partial charge is 0.375 e. The summed E-state index contributed by atoms with van der Waals surface area (Å²) in [6.07, 6.45) is 0.831. The maximum absolute atomic E-state index is 6.15. The number of benzene rings is 1. The SMILES string of the molecule is CC1O[C@H](C)[C@@H](C)[C@H](OCc2ccccc2)[C@H]1C. The van der Waals surface area contributed by atoms with E-state index in [9.17, 15) is 0 Å². The van der Waals surface area contributed by atoms with Gasteiger partial charge < -0.3 is 9.47 Å². The van der Waals surface area contributed by atoms with Gasteiger partial charge >= 0.3 is 0 Å². The molecule has 0 spiro atoms. The van der Waals surface area contributed by atoms with Crippen molar-refractivity contribution in [2.45, 2.75) is 52.6 Å². The highest BCUT2D eigenvalue weighted by atomic mass is 16.5. The zero-order valence-corrected chi connectivity index (χ0v) is 11.8. The molecular weight excluding hydrogens is 224 g/mol. The van der Waals surface area contributed by atoms with Crippen molar-refractivity contribution in [3.8, 4) is 0 Å². The third-order valence-electron chi connectivity index (χ3n) is 4.23. The van der Waals surface area contributed by atoms with E-state index < -0.39 is 0 Å². The molecular formula is C16H24O2. The molecule has 0 bridgehead atoms. The fraction of sp³-hybridized carbons (Fsp3) is 0.625. The molecule has 1 aliphatic rings. The van der Waals surface area contributed by atoms with Gasteiger partial charge in [-0.25, -0.2) is 0 Å². The molecule has 0 aromatic heterocycles. The second kappa shape index (κ2) is 5.85. The Morgan fingerprint density at radius 1 is 0.944 bits per heavy atom. The molecule has 0 radical (unpaired) electrons. The van der Waals surface area contributed by atoms with Crippen molar-refractivity contribution in [1.82, 2.24) is 0 Å². The summed E-state index contributed by atoms with van der Waals surface area (Å²) in [5.41, 5.74) is 1.24. The second-order valence-corrected chi connectivity index (χ2v) is 5.53. The molecule has 0 amide bonds. The number of hydrogen-bond donors (Lipinski definition) is 0. The molecule has 0 N–H and O–H groups in total. The molecule has 1 saturated heterocycles. The standard InChI is InChI=1S/C16H24O2/c1-11-13(3)18-14(4)12(2)16(11)17-10-15-8-6-5-7-9-15/h5-9,11-14,16H,10H2,1-4H3/t11-,12+,13-,14?,16+/m1/s1. The van der Waals surface area contributed by atoms with Crippen molar-refractivity contribution in [2.75, 3.05) is 0 Å². The van der Waals surface area contributed by atoms with Crippen LogP contribution in [0.4, 0.5) is 0 Å². The maximum atomic E-state index is 6.15. The normalized spacial score (nSPS) is 36.6. The van der Waals surface area contributed by atoms with Gasteiger partial charge in [0.25, 0.3) is 0 Å². The lowest BCUT2D eigenvalue weighted by Gasteiger charge is -2.42. The third kappa shape index (κ3) is 2.93. The quantitative estimate of drug-likeness (QED) is 0.813. The predicted molar refractivity (Wildman–Crippen MR) is 73.4 cm³/mol. The van der Waals surface area contributed by atoms with Gasteiger partial charge in [-0.05, 0) is 19.4 Å². The lowest BCUT2D eigenvalue weighted by molar-refractivity contribution is -0.172. The van der Waals surface area contributed by atoms with Gasteiger partial charge in [-0.3, -0.25) is 0 Å². The van der Waals surface area contributed by atoms with Gasteiger partial charge in [0.2, 0.25) is 0 Å². The third-order valence-corrected chi connectivity index (χ3v) is 4.23. The molecule has 0 aliphatic carbocycles. The summed E-state index contributed by atoms with van der Waals surface area (Å²) in [7, 11) is 0. The van der Waals surface area contributed by atoms with E-state index >= 15 is 0 Å². The lowest BCUT2D eigenvalue weighted by atomic mass is 9.83. The first-order chi connectivity index (χ1) is 8.59. The summed E-state index contributed by atoms with van der Waals surface area (Å²) >= 11 is 0. The highest BCUT2D eigenvalue weighted by Crippen LogP contribution is 2.32. The number of hydrogen-bond acceptors (Lipinski definition) is 2. The lowest BCUT2D eigenvalue weighted by Crippen LogP contribution is -2.47. The minimum Gasteiger partial charge on any atom is -0.375 e. The molecule has 18 heavy (non-hydrogen) atoms. The Hall–Kier alpha value is -0.860. The molecule has 1 unspecified atom stereocenters. The van der Waals surface area contributed by atoms with Crippen LogP contribution in [0.5, 0.6) is 0 Å². The monoisotopic (exact) mass is 248 g/mol. The van der Waals surface area contributed by atoms with Crippen molar-refractivity contribution in [3.63, 3.8) is 0 Å². The van der Waals surface area contributed by atoms with Crippen LogP contribution in [0.2, 0.25) is 0 Å². The summed E-state index contributed by atoms with van der Waals surface area (Å²) in [5, 5.41) is 0. The molecule has 0 saturated carbocycles. The summed E-state index contributed by atoms with van der Waals surface area (Å²) in [5.74, 6) is 0.889. The van der Waals surface area contributed by atoms with Gasteiger partial charge in [0.1, 0.15) is 0 Å². The van der Waals surface area contributed by atoms with Crippen LogP contribution < -0.4 is 0 Å². The van der Waals surface area contributed by atoms with Crippen LogP contribution in [0.15, 0.2) is 30.3 Å². The summed E-state index contributed by atoms with van der Waals surface area (Å²) in [4.78, 5) is 0. The molecule has 1 heterocycles. The zero-order chi connectivity index (χ0) is 13.1. The Kier molecular flexibility index (Phi) is 4.41. The second-order valence-electron chi connectivity index (χ2n) is 5.53. The van der Waals surface area contributed by atoms with E-state index in [4.69, 9.17) is 9.47 Å². The van der Waals surface area contributed by atoms with Gasteiger partial charge in [-0.2, -0.15) is 0 Å². The Morgan fingerprint density at radius 2 is 1.50 bits per heavy atom. The zero-order valence-electron chi connectivity index (χ0n) is 11.8. The smallest absolute Gasteiger partial charge is 0.0720 e. The Bertz CT molecular complexity index is 349. The van der Waals surface area contributed by atoms with E-state index in [-0.39, 0.29) is 18.3 Å². The molecule has 2 nitrogen and oxygen atoms in total. The van der Waals surface area contributed by atoms with Crippen molar-refractivity contribution < 1.29 is 9.47 Å².